The van der Waals surface area contributed by atoms with Gasteiger partial charge in [-0.05, 0) is 0 Å². The fourth-order valence-electron chi connectivity index (χ4n) is 6.26. The van der Waals surface area contributed by atoms with E-state index in [1.807, 2.05) is 0 Å². The summed E-state index contributed by atoms with van der Waals surface area (Å²) in [4.78, 5) is 0. The maximum atomic E-state index is 11.4. The lowest BCUT2D eigenvalue weighted by Crippen LogP contribution is -2.67. The molecule has 0 saturated carbocycles. The summed E-state index contributed by atoms with van der Waals surface area (Å²) in [5.74, 6) is 0. The molecule has 0 amide bonds. The zero-order valence-corrected chi connectivity index (χ0v) is 30.2. The quantitative estimate of drug-likeness (QED) is 0.0509. The summed E-state index contributed by atoms with van der Waals surface area (Å²) in [6.45, 7) is -4.19. The highest BCUT2D eigenvalue weighted by Gasteiger charge is 2.55. The minimum absolute atomic E-state index is 0.809. The largest absolute Gasteiger partial charge is 0.726 e. The van der Waals surface area contributed by atoms with E-state index in [1.54, 1.807) is 0 Å². The minimum Gasteiger partial charge on any atom is -0.726 e. The Morgan fingerprint density at radius 2 is 0.800 bits per heavy atom. The molecule has 0 aliphatic carbocycles. The van der Waals surface area contributed by atoms with Gasteiger partial charge in [0, 0.05) is 14.2 Å². The number of ether oxygens (including phenoxy) is 9. The zero-order chi connectivity index (χ0) is 41.2. The van der Waals surface area contributed by atoms with Crippen molar-refractivity contribution in [3.63, 3.8) is 0 Å². The van der Waals surface area contributed by atoms with E-state index in [9.17, 15) is 77.0 Å². The van der Waals surface area contributed by atoms with Crippen molar-refractivity contribution in [1.29, 1.82) is 0 Å². The third-order valence-corrected chi connectivity index (χ3v) is 9.91. The van der Waals surface area contributed by atoms with Crippen molar-refractivity contribution >= 4 is 20.8 Å². The predicted octanol–water partition coefficient (Wildman–Crippen LogP) is -9.47. The number of hydrogen-bond donors (Lipinski definition) is 10. The summed E-state index contributed by atoms with van der Waals surface area (Å²) in [7, 11) is -8.65. The van der Waals surface area contributed by atoms with E-state index >= 15 is 0 Å². The average Bonchev–Trinajstić information content (AvgIpc) is 3.12. The SMILES string of the molecule is CO[C@@H]1O[C@@H](CO)[C@H](O)C(O[C@@H]2O[C@@H](COS(=O)(=O)[O-])[C@H](O[C@@H]3OC(CO)[C@H](O)[C@H](O[C@@H]4OC(COS(=O)(=O)[O-])[C@H](OC)[C@H](O)C4O)C3O)C(O)C2O)C1O. The number of methoxy groups -OCH3 is 2. The van der Waals surface area contributed by atoms with Gasteiger partial charge in [0.05, 0.1) is 26.4 Å². The van der Waals surface area contributed by atoms with Crippen molar-refractivity contribution in [3.05, 3.63) is 0 Å². The lowest BCUT2D eigenvalue weighted by Gasteiger charge is -2.49. The van der Waals surface area contributed by atoms with Gasteiger partial charge in [-0.1, -0.05) is 0 Å². The summed E-state index contributed by atoms with van der Waals surface area (Å²) >= 11 is 0. The minimum atomic E-state index is -5.49. The summed E-state index contributed by atoms with van der Waals surface area (Å²) in [6, 6.07) is 0. The normalized spacial score (nSPS) is 46.1. The smallest absolute Gasteiger partial charge is 0.217 e. The monoisotopic (exact) mass is 852 g/mol. The molecule has 4 aliphatic heterocycles. The second kappa shape index (κ2) is 19.4. The lowest BCUT2D eigenvalue weighted by molar-refractivity contribution is -0.389. The molecule has 4 aliphatic rings. The predicted molar refractivity (Wildman–Crippen MR) is 161 cm³/mol. The summed E-state index contributed by atoms with van der Waals surface area (Å²) < 4.78 is 124. The molecule has 4 heterocycles. The summed E-state index contributed by atoms with van der Waals surface area (Å²) in [5, 5.41) is 106. The summed E-state index contributed by atoms with van der Waals surface area (Å²) in [5.41, 5.74) is 0. The topological polar surface area (TPSA) is 418 Å². The Kier molecular flexibility index (Phi) is 16.4. The van der Waals surface area contributed by atoms with E-state index in [0.717, 1.165) is 14.2 Å². The molecule has 4 fully saturated rings. The molecular weight excluding hydrogens is 808 g/mol. The van der Waals surface area contributed by atoms with Crippen molar-refractivity contribution in [3.8, 4) is 0 Å². The lowest BCUT2D eigenvalue weighted by atomic mass is 9.95. The standard InChI is InChI=1S/C26H46O27S2/c1-43-19-9(5-45-54(37,38)39)49-24(15(33)13(19)31)53-22-12(30)8(4-28)48-26(18(22)36)51-20-10(6-46-55(40,41)42)50-25(16(34)14(20)32)52-21-11(29)7(3-27)47-23(44-2)17(21)35/h7-36H,3-6H2,1-2H3,(H,37,38,39)(H,40,41,42)/p-2/t7-,8?,9?,10-,11-,12-,13+,14?,15?,16?,17?,18?,19-,20-,21?,22-,23+,24-,25-,26-/m0/s1. The van der Waals surface area contributed by atoms with Crippen LogP contribution in [0.25, 0.3) is 0 Å². The average molecular weight is 853 g/mol. The van der Waals surface area contributed by atoms with Gasteiger partial charge < -0.3 is 103 Å². The van der Waals surface area contributed by atoms with E-state index in [2.05, 4.69) is 8.37 Å². The van der Waals surface area contributed by atoms with Gasteiger partial charge in [0.25, 0.3) is 0 Å². The molecule has 0 aromatic carbocycles. The zero-order valence-electron chi connectivity index (χ0n) is 28.6. The van der Waals surface area contributed by atoms with Crippen LogP contribution in [0.4, 0.5) is 0 Å². The molecule has 324 valence electrons. The van der Waals surface area contributed by atoms with Gasteiger partial charge in [-0.3, -0.25) is 8.37 Å². The van der Waals surface area contributed by atoms with E-state index in [1.165, 1.54) is 0 Å². The number of aliphatic hydroxyl groups excluding tert-OH is 10. The van der Waals surface area contributed by atoms with Crippen LogP contribution in [0.15, 0.2) is 0 Å². The van der Waals surface area contributed by atoms with Gasteiger partial charge in [-0.25, -0.2) is 16.8 Å². The first-order valence-corrected chi connectivity index (χ1v) is 18.8. The maximum Gasteiger partial charge on any atom is 0.217 e. The number of aliphatic hydroxyl groups is 10. The van der Waals surface area contributed by atoms with E-state index < -0.39 is 170 Å². The first-order chi connectivity index (χ1) is 25.7. The molecule has 4 rings (SSSR count). The highest BCUT2D eigenvalue weighted by Crippen LogP contribution is 2.35. The molecule has 0 bridgehead atoms. The molecule has 4 saturated heterocycles. The Bertz CT molecular complexity index is 1410. The molecule has 20 atom stereocenters. The highest BCUT2D eigenvalue weighted by atomic mass is 32.3. The van der Waals surface area contributed by atoms with E-state index in [4.69, 9.17) is 42.6 Å². The van der Waals surface area contributed by atoms with E-state index in [-0.39, 0.29) is 0 Å². The Morgan fingerprint density at radius 3 is 1.20 bits per heavy atom. The van der Waals surface area contributed by atoms with Crippen molar-refractivity contribution < 1.29 is 128 Å². The molecular formula is C26H44O27S2-2. The van der Waals surface area contributed by atoms with Crippen LogP contribution in [0.5, 0.6) is 0 Å². The van der Waals surface area contributed by atoms with Gasteiger partial charge in [0.2, 0.25) is 20.8 Å². The van der Waals surface area contributed by atoms with Crippen LogP contribution in [0.2, 0.25) is 0 Å². The fraction of sp³-hybridized carbons (Fsp3) is 1.00. The molecule has 8 unspecified atom stereocenters. The first-order valence-electron chi connectivity index (χ1n) is 16.2. The van der Waals surface area contributed by atoms with Gasteiger partial charge >= 0.3 is 0 Å². The van der Waals surface area contributed by atoms with Crippen LogP contribution in [0, 0.1) is 0 Å². The molecule has 29 heteroatoms. The van der Waals surface area contributed by atoms with Crippen LogP contribution < -0.4 is 0 Å². The van der Waals surface area contributed by atoms with Crippen LogP contribution in [0.3, 0.4) is 0 Å². The van der Waals surface area contributed by atoms with Crippen LogP contribution in [-0.4, -0.2) is 240 Å². The second-order valence-electron chi connectivity index (χ2n) is 12.6. The van der Waals surface area contributed by atoms with Gasteiger partial charge in [-0.15, -0.1) is 0 Å². The van der Waals surface area contributed by atoms with Gasteiger partial charge in [0.1, 0.15) is 97.7 Å². The molecule has 0 aromatic heterocycles. The van der Waals surface area contributed by atoms with Crippen molar-refractivity contribution in [2.75, 3.05) is 40.6 Å². The Balaban J connectivity index is 1.57. The molecule has 0 radical (unpaired) electrons. The van der Waals surface area contributed by atoms with Crippen molar-refractivity contribution in [2.45, 2.75) is 123 Å². The van der Waals surface area contributed by atoms with Crippen LogP contribution >= 0.6 is 0 Å². The molecule has 0 spiro atoms. The van der Waals surface area contributed by atoms with Gasteiger partial charge in [-0.2, -0.15) is 0 Å². The Hall–Kier alpha value is -1.02. The second-order valence-corrected chi connectivity index (χ2v) is 14.7. The third-order valence-electron chi connectivity index (χ3n) is 9.06. The fourth-order valence-corrected chi connectivity index (χ4v) is 6.87. The first kappa shape index (κ1) is 46.7. The van der Waals surface area contributed by atoms with Crippen LogP contribution in [0.1, 0.15) is 0 Å². The molecule has 10 N–H and O–H groups in total. The molecule has 0 aromatic rings. The Morgan fingerprint density at radius 1 is 0.455 bits per heavy atom. The Labute approximate surface area is 312 Å². The van der Waals surface area contributed by atoms with Crippen molar-refractivity contribution in [2.24, 2.45) is 0 Å². The van der Waals surface area contributed by atoms with Gasteiger partial charge in [0.15, 0.2) is 25.2 Å². The van der Waals surface area contributed by atoms with Crippen LogP contribution in [-0.2, 0) is 71.8 Å². The molecule has 55 heavy (non-hydrogen) atoms. The maximum absolute atomic E-state index is 11.4. The highest BCUT2D eigenvalue weighted by molar-refractivity contribution is 7.81. The summed E-state index contributed by atoms with van der Waals surface area (Å²) in [6.07, 6.45) is -38.3. The number of hydrogen-bond acceptors (Lipinski definition) is 27. The van der Waals surface area contributed by atoms with Crippen molar-refractivity contribution in [1.82, 2.24) is 0 Å². The third kappa shape index (κ3) is 11.2. The van der Waals surface area contributed by atoms with E-state index in [0.29, 0.717) is 0 Å². The molecule has 27 nitrogen and oxygen atoms in total. The number of rotatable bonds is 16.